The third-order valence-electron chi connectivity index (χ3n) is 4.21. The molecule has 0 saturated carbocycles. The van der Waals surface area contributed by atoms with Crippen LogP contribution >= 0.6 is 0 Å². The highest BCUT2D eigenvalue weighted by atomic mass is 16.5. The SMILES string of the molecule is COC(=O)c1ccc(-c2noc(CN3CCNC(=O)[C@@H]3CCO)n2)cc1. The van der Waals surface area contributed by atoms with Crippen molar-refractivity contribution < 1.29 is 24.0 Å². The van der Waals surface area contributed by atoms with Gasteiger partial charge in [-0.05, 0) is 18.6 Å². The molecule has 1 saturated heterocycles. The quantitative estimate of drug-likeness (QED) is 0.702. The number of methoxy groups -OCH3 is 1. The first-order valence-corrected chi connectivity index (χ1v) is 8.26. The van der Waals surface area contributed by atoms with E-state index in [4.69, 9.17) is 9.63 Å². The zero-order valence-corrected chi connectivity index (χ0v) is 14.3. The van der Waals surface area contributed by atoms with Crippen molar-refractivity contribution in [2.24, 2.45) is 0 Å². The maximum atomic E-state index is 12.0. The second-order valence-electron chi connectivity index (χ2n) is 5.87. The molecule has 1 aliphatic heterocycles. The average molecular weight is 360 g/mol. The highest BCUT2D eigenvalue weighted by Crippen LogP contribution is 2.19. The minimum Gasteiger partial charge on any atom is -0.465 e. The lowest BCUT2D eigenvalue weighted by Gasteiger charge is -2.33. The van der Waals surface area contributed by atoms with Crippen LogP contribution in [0.25, 0.3) is 11.4 Å². The highest BCUT2D eigenvalue weighted by molar-refractivity contribution is 5.89. The zero-order chi connectivity index (χ0) is 18.5. The first-order chi connectivity index (χ1) is 12.6. The first-order valence-electron chi connectivity index (χ1n) is 8.26. The topological polar surface area (TPSA) is 118 Å². The molecule has 1 fully saturated rings. The number of nitrogens with one attached hydrogen (secondary N) is 1. The Morgan fingerprint density at radius 1 is 1.42 bits per heavy atom. The van der Waals surface area contributed by atoms with Gasteiger partial charge in [-0.1, -0.05) is 17.3 Å². The van der Waals surface area contributed by atoms with Crippen LogP contribution in [-0.2, 0) is 16.1 Å². The summed E-state index contributed by atoms with van der Waals surface area (Å²) in [6.07, 6.45) is 0.349. The summed E-state index contributed by atoms with van der Waals surface area (Å²) < 4.78 is 9.96. The van der Waals surface area contributed by atoms with Gasteiger partial charge in [0.1, 0.15) is 0 Å². The first kappa shape index (κ1) is 18.0. The van der Waals surface area contributed by atoms with Crippen molar-refractivity contribution in [1.29, 1.82) is 0 Å². The van der Waals surface area contributed by atoms with Gasteiger partial charge in [0.2, 0.25) is 17.6 Å². The second kappa shape index (κ2) is 8.07. The van der Waals surface area contributed by atoms with Crippen LogP contribution in [0.3, 0.4) is 0 Å². The number of aromatic nitrogens is 2. The Balaban J connectivity index is 1.71. The van der Waals surface area contributed by atoms with Gasteiger partial charge in [-0.25, -0.2) is 4.79 Å². The van der Waals surface area contributed by atoms with E-state index in [1.165, 1.54) is 7.11 Å². The summed E-state index contributed by atoms with van der Waals surface area (Å²) in [7, 11) is 1.33. The van der Waals surface area contributed by atoms with Gasteiger partial charge in [0.15, 0.2) is 0 Å². The molecule has 138 valence electrons. The number of benzene rings is 1. The standard InChI is InChI=1S/C17H20N4O5/c1-25-17(24)12-4-2-11(3-5-12)15-19-14(26-20-15)10-21-8-7-18-16(23)13(21)6-9-22/h2-5,13,22H,6-10H2,1H3,(H,18,23)/t13-/m0/s1. The molecule has 1 aromatic heterocycles. The van der Waals surface area contributed by atoms with E-state index in [0.29, 0.717) is 48.9 Å². The van der Waals surface area contributed by atoms with Gasteiger partial charge >= 0.3 is 5.97 Å². The van der Waals surface area contributed by atoms with Crippen LogP contribution in [0.1, 0.15) is 22.7 Å². The van der Waals surface area contributed by atoms with Crippen molar-refractivity contribution in [2.75, 3.05) is 26.8 Å². The summed E-state index contributed by atoms with van der Waals surface area (Å²) in [5.74, 6) is 0.262. The Hall–Kier alpha value is -2.78. The minimum absolute atomic E-state index is 0.0732. The predicted molar refractivity (Wildman–Crippen MR) is 90.0 cm³/mol. The van der Waals surface area contributed by atoms with Crippen molar-refractivity contribution in [3.8, 4) is 11.4 Å². The minimum atomic E-state index is -0.413. The third-order valence-corrected chi connectivity index (χ3v) is 4.21. The van der Waals surface area contributed by atoms with E-state index < -0.39 is 12.0 Å². The van der Waals surface area contributed by atoms with Crippen LogP contribution in [0.15, 0.2) is 28.8 Å². The van der Waals surface area contributed by atoms with Crippen molar-refractivity contribution in [1.82, 2.24) is 20.4 Å². The van der Waals surface area contributed by atoms with E-state index >= 15 is 0 Å². The number of ether oxygens (including phenoxy) is 1. The van der Waals surface area contributed by atoms with Crippen LogP contribution in [0.4, 0.5) is 0 Å². The van der Waals surface area contributed by atoms with Gasteiger partial charge in [-0.2, -0.15) is 4.98 Å². The van der Waals surface area contributed by atoms with Gasteiger partial charge in [-0.3, -0.25) is 9.69 Å². The number of carbonyl (C=O) groups is 2. The fraction of sp³-hybridized carbons (Fsp3) is 0.412. The molecule has 9 nitrogen and oxygen atoms in total. The Morgan fingerprint density at radius 3 is 2.88 bits per heavy atom. The molecule has 0 unspecified atom stereocenters. The van der Waals surface area contributed by atoms with Gasteiger partial charge in [0.25, 0.3) is 0 Å². The number of hydrogen-bond acceptors (Lipinski definition) is 8. The van der Waals surface area contributed by atoms with E-state index in [2.05, 4.69) is 20.2 Å². The van der Waals surface area contributed by atoms with Gasteiger partial charge < -0.3 is 19.7 Å². The van der Waals surface area contributed by atoms with Crippen LogP contribution in [0, 0.1) is 0 Å². The van der Waals surface area contributed by atoms with E-state index in [-0.39, 0.29) is 12.5 Å². The van der Waals surface area contributed by atoms with Gasteiger partial charge in [-0.15, -0.1) is 0 Å². The zero-order valence-electron chi connectivity index (χ0n) is 14.3. The molecule has 0 aliphatic carbocycles. The number of esters is 1. The Bertz CT molecular complexity index is 774. The number of hydrogen-bond donors (Lipinski definition) is 2. The average Bonchev–Trinajstić information content (AvgIpc) is 3.12. The number of aliphatic hydroxyl groups excluding tert-OH is 1. The molecule has 2 aromatic rings. The summed E-state index contributed by atoms with van der Waals surface area (Å²) in [5.41, 5.74) is 1.14. The number of rotatable bonds is 6. The lowest BCUT2D eigenvalue weighted by atomic mass is 10.1. The molecule has 1 amide bonds. The summed E-state index contributed by atoms with van der Waals surface area (Å²) in [5, 5.41) is 15.9. The molecule has 2 N–H and O–H groups in total. The molecule has 1 aromatic carbocycles. The fourth-order valence-electron chi connectivity index (χ4n) is 2.87. The summed E-state index contributed by atoms with van der Waals surface area (Å²) in [6.45, 7) is 1.43. The number of amides is 1. The van der Waals surface area contributed by atoms with Crippen LogP contribution in [0.5, 0.6) is 0 Å². The maximum Gasteiger partial charge on any atom is 0.337 e. The number of piperazine rings is 1. The van der Waals surface area contributed by atoms with E-state index in [1.54, 1.807) is 24.3 Å². The van der Waals surface area contributed by atoms with Crippen LogP contribution in [0.2, 0.25) is 0 Å². The molecule has 2 heterocycles. The fourth-order valence-corrected chi connectivity index (χ4v) is 2.87. The molecular weight excluding hydrogens is 340 g/mol. The van der Waals surface area contributed by atoms with E-state index in [1.807, 2.05) is 4.90 Å². The molecule has 3 rings (SSSR count). The Labute approximate surface area is 149 Å². The number of nitrogens with zero attached hydrogens (tertiary/aromatic N) is 3. The maximum absolute atomic E-state index is 12.0. The number of aliphatic hydroxyl groups is 1. The summed E-state index contributed by atoms with van der Waals surface area (Å²) >= 11 is 0. The number of carbonyl (C=O) groups excluding carboxylic acids is 2. The van der Waals surface area contributed by atoms with E-state index in [0.717, 1.165) is 0 Å². The van der Waals surface area contributed by atoms with Crippen LogP contribution in [-0.4, -0.2) is 64.9 Å². The summed E-state index contributed by atoms with van der Waals surface area (Å²) in [4.78, 5) is 29.7. The highest BCUT2D eigenvalue weighted by Gasteiger charge is 2.30. The third kappa shape index (κ3) is 3.89. The lowest BCUT2D eigenvalue weighted by molar-refractivity contribution is -0.130. The Kier molecular flexibility index (Phi) is 5.59. The molecule has 0 radical (unpaired) electrons. The van der Waals surface area contributed by atoms with Crippen molar-refractivity contribution in [3.63, 3.8) is 0 Å². The molecule has 9 heteroatoms. The van der Waals surface area contributed by atoms with Crippen molar-refractivity contribution >= 4 is 11.9 Å². The van der Waals surface area contributed by atoms with Crippen LogP contribution < -0.4 is 5.32 Å². The molecule has 0 bridgehead atoms. The monoisotopic (exact) mass is 360 g/mol. The van der Waals surface area contributed by atoms with E-state index in [9.17, 15) is 9.59 Å². The lowest BCUT2D eigenvalue weighted by Crippen LogP contribution is -2.55. The van der Waals surface area contributed by atoms with Crippen molar-refractivity contribution in [2.45, 2.75) is 19.0 Å². The Morgan fingerprint density at radius 2 is 2.19 bits per heavy atom. The largest absolute Gasteiger partial charge is 0.465 e. The molecule has 26 heavy (non-hydrogen) atoms. The summed E-state index contributed by atoms with van der Waals surface area (Å²) in [6, 6.07) is 6.27. The molecular formula is C17H20N4O5. The van der Waals surface area contributed by atoms with Gasteiger partial charge in [0, 0.05) is 25.3 Å². The molecule has 1 atom stereocenters. The predicted octanol–water partition coefficient (Wildman–Crippen LogP) is 0.206. The smallest absolute Gasteiger partial charge is 0.337 e. The van der Waals surface area contributed by atoms with Gasteiger partial charge in [0.05, 0.1) is 25.3 Å². The normalized spacial score (nSPS) is 17.8. The van der Waals surface area contributed by atoms with Crippen molar-refractivity contribution in [3.05, 3.63) is 35.7 Å². The molecule has 1 aliphatic rings. The second-order valence-corrected chi connectivity index (χ2v) is 5.87. The molecule has 0 spiro atoms.